The summed E-state index contributed by atoms with van der Waals surface area (Å²) in [6.45, 7) is 6.30. The summed E-state index contributed by atoms with van der Waals surface area (Å²) in [4.78, 5) is 13.8. The Balaban J connectivity index is 2.41. The second-order valence-corrected chi connectivity index (χ2v) is 4.13. The van der Waals surface area contributed by atoms with E-state index in [4.69, 9.17) is 4.74 Å². The second-order valence-electron chi connectivity index (χ2n) is 4.13. The lowest BCUT2D eigenvalue weighted by Crippen LogP contribution is -2.23. The van der Waals surface area contributed by atoms with Crippen molar-refractivity contribution in [3.05, 3.63) is 36.4 Å². The molecule has 1 atom stereocenters. The summed E-state index contributed by atoms with van der Waals surface area (Å²) in [6, 6.07) is 5.82. The van der Waals surface area contributed by atoms with E-state index in [-0.39, 0.29) is 11.8 Å². The van der Waals surface area contributed by atoms with Crippen LogP contribution in [-0.2, 0) is 4.79 Å². The van der Waals surface area contributed by atoms with Crippen LogP contribution in [0.2, 0.25) is 0 Å². The van der Waals surface area contributed by atoms with Crippen LogP contribution < -0.4 is 9.64 Å². The van der Waals surface area contributed by atoms with Gasteiger partial charge < -0.3 is 9.64 Å². The number of allylic oxidation sites excluding steroid dienone is 1. The highest BCUT2D eigenvalue weighted by atomic mass is 16.5. The van der Waals surface area contributed by atoms with Gasteiger partial charge in [-0.25, -0.2) is 0 Å². The number of benzene rings is 1. The molecule has 1 heterocycles. The number of carbonyl (C=O) groups excluding carboxylic acids is 1. The minimum absolute atomic E-state index is 0.104. The molecule has 0 radical (unpaired) electrons. The van der Waals surface area contributed by atoms with Gasteiger partial charge in [0.2, 0.25) is 5.91 Å². The smallest absolute Gasteiger partial charge is 0.234 e. The molecule has 1 aliphatic rings. The number of likely N-dealkylation sites (N-methyl/N-ethyl adjacent to an activating group) is 1. The van der Waals surface area contributed by atoms with Crippen LogP contribution in [-0.4, -0.2) is 19.6 Å². The normalized spacial score (nSPS) is 18.1. The van der Waals surface area contributed by atoms with E-state index in [2.05, 4.69) is 6.58 Å². The van der Waals surface area contributed by atoms with Crippen LogP contribution in [0.4, 0.5) is 5.69 Å². The molecule has 0 bridgehead atoms. The van der Waals surface area contributed by atoms with Crippen molar-refractivity contribution in [1.29, 1.82) is 0 Å². The molecule has 3 nitrogen and oxygen atoms in total. The lowest BCUT2D eigenvalue weighted by atomic mass is 9.97. The highest BCUT2D eigenvalue weighted by molar-refractivity contribution is 6.04. The molecule has 17 heavy (non-hydrogen) atoms. The lowest BCUT2D eigenvalue weighted by molar-refractivity contribution is -0.118. The average molecular weight is 231 g/mol. The first-order valence-electron chi connectivity index (χ1n) is 5.84. The highest BCUT2D eigenvalue weighted by Crippen LogP contribution is 2.40. The Hall–Kier alpha value is -1.77. The van der Waals surface area contributed by atoms with Crippen molar-refractivity contribution < 1.29 is 9.53 Å². The summed E-state index contributed by atoms with van der Waals surface area (Å²) in [5.74, 6) is 0.852. The van der Waals surface area contributed by atoms with Crippen molar-refractivity contribution in [1.82, 2.24) is 0 Å². The van der Waals surface area contributed by atoms with Gasteiger partial charge in [0.15, 0.2) is 0 Å². The third-order valence-corrected chi connectivity index (χ3v) is 3.08. The van der Waals surface area contributed by atoms with Gasteiger partial charge in [0.25, 0.3) is 0 Å². The Morgan fingerprint density at radius 1 is 1.53 bits per heavy atom. The maximum Gasteiger partial charge on any atom is 0.234 e. The first-order valence-corrected chi connectivity index (χ1v) is 5.84. The van der Waals surface area contributed by atoms with E-state index in [1.54, 1.807) is 11.0 Å². The van der Waals surface area contributed by atoms with Gasteiger partial charge in [-0.1, -0.05) is 6.08 Å². The van der Waals surface area contributed by atoms with Gasteiger partial charge in [0.05, 0.1) is 12.5 Å². The molecule has 0 fully saturated rings. The van der Waals surface area contributed by atoms with Crippen LogP contribution in [0.3, 0.4) is 0 Å². The molecule has 3 heteroatoms. The molecule has 2 rings (SSSR count). The molecular weight excluding hydrogens is 214 g/mol. The van der Waals surface area contributed by atoms with Gasteiger partial charge in [-0.2, -0.15) is 0 Å². The minimum Gasteiger partial charge on any atom is -0.494 e. The van der Waals surface area contributed by atoms with Crippen LogP contribution in [0.15, 0.2) is 30.9 Å². The molecule has 0 N–H and O–H groups in total. The first kappa shape index (κ1) is 11.7. The molecular formula is C14H17NO2. The molecule has 0 spiro atoms. The minimum atomic E-state index is -0.104. The third-order valence-electron chi connectivity index (χ3n) is 3.08. The number of anilines is 1. The number of fused-ring (bicyclic) bond motifs is 1. The average Bonchev–Trinajstić information content (AvgIpc) is 2.55. The van der Waals surface area contributed by atoms with Crippen molar-refractivity contribution in [3.63, 3.8) is 0 Å². The summed E-state index contributed by atoms with van der Waals surface area (Å²) in [5.41, 5.74) is 2.02. The molecule has 90 valence electrons. The standard InChI is InChI=1S/C14H17NO2/c1-4-6-11-12-9-10(17-5-2)7-8-13(12)15(3)14(11)16/h4,7-9,11H,1,5-6H2,2-3H3. The van der Waals surface area contributed by atoms with E-state index in [9.17, 15) is 4.79 Å². The maximum absolute atomic E-state index is 12.1. The van der Waals surface area contributed by atoms with E-state index in [0.29, 0.717) is 13.0 Å². The molecule has 1 aromatic rings. The molecule has 0 saturated heterocycles. The van der Waals surface area contributed by atoms with E-state index in [1.807, 2.05) is 32.2 Å². The Morgan fingerprint density at radius 3 is 2.94 bits per heavy atom. The Bertz CT molecular complexity index is 454. The van der Waals surface area contributed by atoms with Crippen molar-refractivity contribution in [3.8, 4) is 5.75 Å². The summed E-state index contributed by atoms with van der Waals surface area (Å²) >= 11 is 0. The largest absolute Gasteiger partial charge is 0.494 e. The topological polar surface area (TPSA) is 29.5 Å². The summed E-state index contributed by atoms with van der Waals surface area (Å²) in [7, 11) is 1.81. The van der Waals surface area contributed by atoms with E-state index in [1.165, 1.54) is 0 Å². The van der Waals surface area contributed by atoms with Gasteiger partial charge in [-0.3, -0.25) is 4.79 Å². The van der Waals surface area contributed by atoms with Crippen LogP contribution in [0.25, 0.3) is 0 Å². The molecule has 0 aliphatic carbocycles. The summed E-state index contributed by atoms with van der Waals surface area (Å²) < 4.78 is 5.47. The monoisotopic (exact) mass is 231 g/mol. The Morgan fingerprint density at radius 2 is 2.29 bits per heavy atom. The molecule has 1 amide bonds. The summed E-state index contributed by atoms with van der Waals surface area (Å²) in [5, 5.41) is 0. The van der Waals surface area contributed by atoms with Crippen LogP contribution in [0.5, 0.6) is 5.75 Å². The predicted octanol–water partition coefficient (Wildman–Crippen LogP) is 2.72. The van der Waals surface area contributed by atoms with E-state index >= 15 is 0 Å². The number of hydrogen-bond acceptors (Lipinski definition) is 2. The quantitative estimate of drug-likeness (QED) is 0.746. The molecule has 1 aromatic carbocycles. The Kier molecular flexibility index (Phi) is 3.18. The van der Waals surface area contributed by atoms with Crippen molar-refractivity contribution in [2.45, 2.75) is 19.3 Å². The summed E-state index contributed by atoms with van der Waals surface area (Å²) in [6.07, 6.45) is 2.46. The fourth-order valence-corrected chi connectivity index (χ4v) is 2.25. The fourth-order valence-electron chi connectivity index (χ4n) is 2.25. The van der Waals surface area contributed by atoms with Crippen LogP contribution >= 0.6 is 0 Å². The van der Waals surface area contributed by atoms with Crippen molar-refractivity contribution in [2.24, 2.45) is 0 Å². The first-order chi connectivity index (χ1) is 8.19. The zero-order valence-corrected chi connectivity index (χ0v) is 10.3. The van der Waals surface area contributed by atoms with Gasteiger partial charge in [-0.15, -0.1) is 6.58 Å². The highest BCUT2D eigenvalue weighted by Gasteiger charge is 2.34. The predicted molar refractivity (Wildman–Crippen MR) is 68.6 cm³/mol. The number of rotatable bonds is 4. The Labute approximate surface area is 102 Å². The number of ether oxygens (including phenoxy) is 1. The van der Waals surface area contributed by atoms with Crippen LogP contribution in [0, 0.1) is 0 Å². The van der Waals surface area contributed by atoms with Crippen molar-refractivity contribution in [2.75, 3.05) is 18.6 Å². The van der Waals surface area contributed by atoms with Crippen molar-refractivity contribution >= 4 is 11.6 Å². The SMILES string of the molecule is C=CCC1C(=O)N(C)c2ccc(OCC)cc21. The zero-order chi connectivity index (χ0) is 12.4. The number of amides is 1. The van der Waals surface area contributed by atoms with Crippen LogP contribution in [0.1, 0.15) is 24.8 Å². The lowest BCUT2D eigenvalue weighted by Gasteiger charge is -2.10. The van der Waals surface area contributed by atoms with Gasteiger partial charge in [-0.05, 0) is 37.1 Å². The number of hydrogen-bond donors (Lipinski definition) is 0. The van der Waals surface area contributed by atoms with Gasteiger partial charge in [0.1, 0.15) is 5.75 Å². The van der Waals surface area contributed by atoms with E-state index < -0.39 is 0 Å². The zero-order valence-electron chi connectivity index (χ0n) is 10.3. The molecule has 0 saturated carbocycles. The third kappa shape index (κ3) is 1.93. The van der Waals surface area contributed by atoms with E-state index in [0.717, 1.165) is 17.0 Å². The molecule has 0 aromatic heterocycles. The second kappa shape index (κ2) is 4.62. The van der Waals surface area contributed by atoms with Gasteiger partial charge >= 0.3 is 0 Å². The maximum atomic E-state index is 12.1. The molecule has 1 aliphatic heterocycles. The fraction of sp³-hybridized carbons (Fsp3) is 0.357. The molecule has 1 unspecified atom stereocenters. The van der Waals surface area contributed by atoms with Gasteiger partial charge in [0, 0.05) is 12.7 Å². The number of nitrogens with zero attached hydrogens (tertiary/aromatic N) is 1. The number of carbonyl (C=O) groups is 1.